The zero-order chi connectivity index (χ0) is 19.0. The summed E-state index contributed by atoms with van der Waals surface area (Å²) in [5.41, 5.74) is 1.48. The molecule has 0 aliphatic carbocycles. The van der Waals surface area contributed by atoms with Gasteiger partial charge in [-0.3, -0.25) is 9.59 Å². The third-order valence-corrected chi connectivity index (χ3v) is 5.76. The van der Waals surface area contributed by atoms with Crippen LogP contribution in [0.4, 0.5) is 5.69 Å². The van der Waals surface area contributed by atoms with Gasteiger partial charge in [-0.1, -0.05) is 6.07 Å². The molecular weight excluding hydrogens is 364 g/mol. The molecule has 0 saturated carbocycles. The molecule has 0 bridgehead atoms. The lowest BCUT2D eigenvalue weighted by Gasteiger charge is -2.20. The highest BCUT2D eigenvalue weighted by Crippen LogP contribution is 2.39. The van der Waals surface area contributed by atoms with Crippen LogP contribution in [-0.4, -0.2) is 44.0 Å². The van der Waals surface area contributed by atoms with Crippen molar-refractivity contribution in [1.29, 1.82) is 0 Å². The van der Waals surface area contributed by atoms with Gasteiger partial charge < -0.3 is 14.4 Å². The smallest absolute Gasteiger partial charge is 0.282 e. The standard InChI is InChI=1S/C20H20N2O4S/c1-25-14-8-7-13(12-15(14)26-2)22-19(23)17(16-6-5-11-27-16)18(20(22)24)21-9-3-4-10-21/h5-8,11-12H,3-4,9-10H2,1-2H3. The molecule has 6 nitrogen and oxygen atoms in total. The molecule has 4 rings (SSSR count). The molecule has 0 spiro atoms. The minimum atomic E-state index is -0.295. The van der Waals surface area contributed by atoms with Crippen LogP contribution in [0.5, 0.6) is 11.5 Å². The fraction of sp³-hybridized carbons (Fsp3) is 0.300. The Bertz CT molecular complexity index is 914. The lowest BCUT2D eigenvalue weighted by atomic mass is 10.2. The Morgan fingerprint density at radius 3 is 2.33 bits per heavy atom. The van der Waals surface area contributed by atoms with E-state index in [4.69, 9.17) is 9.47 Å². The van der Waals surface area contributed by atoms with Gasteiger partial charge in [0.25, 0.3) is 11.8 Å². The molecule has 0 radical (unpaired) electrons. The molecular formula is C20H20N2O4S. The van der Waals surface area contributed by atoms with E-state index in [1.807, 2.05) is 22.4 Å². The number of imide groups is 1. The molecule has 1 aromatic heterocycles. The largest absolute Gasteiger partial charge is 0.493 e. The van der Waals surface area contributed by atoms with Crippen LogP contribution in [0.1, 0.15) is 17.7 Å². The van der Waals surface area contributed by atoms with E-state index < -0.39 is 0 Å². The fourth-order valence-electron chi connectivity index (χ4n) is 3.59. The van der Waals surface area contributed by atoms with Crippen LogP contribution in [0.3, 0.4) is 0 Å². The zero-order valence-corrected chi connectivity index (χ0v) is 16.0. The first-order chi connectivity index (χ1) is 13.2. The number of carbonyl (C=O) groups is 2. The molecule has 1 saturated heterocycles. The Hall–Kier alpha value is -2.80. The van der Waals surface area contributed by atoms with Gasteiger partial charge in [-0.25, -0.2) is 4.90 Å². The van der Waals surface area contributed by atoms with E-state index in [1.165, 1.54) is 23.3 Å². The van der Waals surface area contributed by atoms with E-state index in [1.54, 1.807) is 25.3 Å². The molecule has 27 heavy (non-hydrogen) atoms. The maximum Gasteiger partial charge on any atom is 0.282 e. The van der Waals surface area contributed by atoms with E-state index in [0.29, 0.717) is 28.5 Å². The first kappa shape index (κ1) is 17.6. The zero-order valence-electron chi connectivity index (χ0n) is 15.2. The SMILES string of the molecule is COc1ccc(N2C(=O)C(c3cccs3)=C(N3CCCC3)C2=O)cc1OC. The Morgan fingerprint density at radius 1 is 0.963 bits per heavy atom. The predicted octanol–water partition coefficient (Wildman–Crippen LogP) is 3.15. The lowest BCUT2D eigenvalue weighted by Crippen LogP contribution is -2.34. The molecule has 0 N–H and O–H groups in total. The van der Waals surface area contributed by atoms with Crippen LogP contribution in [0.15, 0.2) is 41.4 Å². The highest BCUT2D eigenvalue weighted by atomic mass is 32.1. The average molecular weight is 384 g/mol. The summed E-state index contributed by atoms with van der Waals surface area (Å²) in [6.07, 6.45) is 2.05. The number of amides is 2. The van der Waals surface area contributed by atoms with Crippen molar-refractivity contribution in [2.75, 3.05) is 32.2 Å². The Kier molecular flexibility index (Phi) is 4.61. The summed E-state index contributed by atoms with van der Waals surface area (Å²) in [5.74, 6) is 0.448. The number of hydrogen-bond donors (Lipinski definition) is 0. The first-order valence-corrected chi connectivity index (χ1v) is 9.67. The van der Waals surface area contributed by atoms with E-state index in [0.717, 1.165) is 30.8 Å². The summed E-state index contributed by atoms with van der Waals surface area (Å²) >= 11 is 1.47. The maximum absolute atomic E-state index is 13.3. The third-order valence-electron chi connectivity index (χ3n) is 4.87. The van der Waals surface area contributed by atoms with Crippen LogP contribution in [-0.2, 0) is 9.59 Å². The molecule has 1 fully saturated rings. The molecule has 2 aliphatic rings. The molecule has 2 amide bonds. The minimum absolute atomic E-state index is 0.280. The highest BCUT2D eigenvalue weighted by Gasteiger charge is 2.43. The van der Waals surface area contributed by atoms with Crippen molar-refractivity contribution >= 4 is 34.4 Å². The van der Waals surface area contributed by atoms with Crippen molar-refractivity contribution in [2.24, 2.45) is 0 Å². The Balaban J connectivity index is 1.79. The molecule has 3 heterocycles. The molecule has 7 heteroatoms. The Labute approximate surface area is 161 Å². The van der Waals surface area contributed by atoms with E-state index in [9.17, 15) is 9.59 Å². The van der Waals surface area contributed by atoms with Crippen molar-refractivity contribution in [3.63, 3.8) is 0 Å². The second-order valence-electron chi connectivity index (χ2n) is 6.38. The molecule has 0 atom stereocenters. The van der Waals surface area contributed by atoms with Gasteiger partial charge in [0, 0.05) is 24.0 Å². The van der Waals surface area contributed by atoms with Gasteiger partial charge >= 0.3 is 0 Å². The fourth-order valence-corrected chi connectivity index (χ4v) is 4.36. The number of nitrogens with zero attached hydrogens (tertiary/aromatic N) is 2. The van der Waals surface area contributed by atoms with Crippen LogP contribution < -0.4 is 14.4 Å². The first-order valence-electron chi connectivity index (χ1n) is 8.79. The summed E-state index contributed by atoms with van der Waals surface area (Å²) in [7, 11) is 3.08. The number of methoxy groups -OCH3 is 2. The van der Waals surface area contributed by atoms with E-state index in [2.05, 4.69) is 0 Å². The van der Waals surface area contributed by atoms with E-state index in [-0.39, 0.29) is 11.8 Å². The third kappa shape index (κ3) is 2.88. The summed E-state index contributed by atoms with van der Waals surface area (Å²) in [4.78, 5) is 30.7. The van der Waals surface area contributed by atoms with Crippen LogP contribution in [0.2, 0.25) is 0 Å². The number of ether oxygens (including phenoxy) is 2. The number of anilines is 1. The van der Waals surface area contributed by atoms with Gasteiger partial charge in [0.15, 0.2) is 11.5 Å². The predicted molar refractivity (Wildman–Crippen MR) is 104 cm³/mol. The van der Waals surface area contributed by atoms with Crippen LogP contribution >= 0.6 is 11.3 Å². The maximum atomic E-state index is 13.3. The quantitative estimate of drug-likeness (QED) is 0.741. The van der Waals surface area contributed by atoms with Gasteiger partial charge in [0.1, 0.15) is 5.70 Å². The van der Waals surface area contributed by atoms with Crippen molar-refractivity contribution in [3.8, 4) is 11.5 Å². The summed E-state index contributed by atoms with van der Waals surface area (Å²) in [6.45, 7) is 1.59. The number of likely N-dealkylation sites (tertiary alicyclic amines) is 1. The summed E-state index contributed by atoms with van der Waals surface area (Å²) in [5, 5.41) is 1.92. The second kappa shape index (κ2) is 7.08. The van der Waals surface area contributed by atoms with E-state index >= 15 is 0 Å². The summed E-state index contributed by atoms with van der Waals surface area (Å²) in [6, 6.07) is 8.85. The van der Waals surface area contributed by atoms with Crippen molar-refractivity contribution in [1.82, 2.24) is 4.90 Å². The highest BCUT2D eigenvalue weighted by molar-refractivity contribution is 7.11. The molecule has 2 aliphatic heterocycles. The van der Waals surface area contributed by atoms with Gasteiger partial charge in [0.2, 0.25) is 0 Å². The monoisotopic (exact) mass is 384 g/mol. The number of hydrogen-bond acceptors (Lipinski definition) is 6. The van der Waals surface area contributed by atoms with Gasteiger partial charge in [-0.05, 0) is 36.4 Å². The number of carbonyl (C=O) groups excluding carboxylic acids is 2. The van der Waals surface area contributed by atoms with Gasteiger partial charge in [-0.2, -0.15) is 0 Å². The Morgan fingerprint density at radius 2 is 1.70 bits per heavy atom. The van der Waals surface area contributed by atoms with Gasteiger partial charge in [-0.15, -0.1) is 11.3 Å². The lowest BCUT2D eigenvalue weighted by molar-refractivity contribution is -0.120. The second-order valence-corrected chi connectivity index (χ2v) is 7.33. The van der Waals surface area contributed by atoms with Gasteiger partial charge in [0.05, 0.1) is 25.5 Å². The molecule has 0 unspecified atom stereocenters. The minimum Gasteiger partial charge on any atom is -0.493 e. The average Bonchev–Trinajstić information content (AvgIpc) is 3.42. The topological polar surface area (TPSA) is 59.1 Å². The normalized spacial score (nSPS) is 17.3. The molecule has 140 valence electrons. The van der Waals surface area contributed by atoms with Crippen molar-refractivity contribution < 1.29 is 19.1 Å². The van der Waals surface area contributed by atoms with Crippen molar-refractivity contribution in [3.05, 3.63) is 46.3 Å². The molecule has 1 aromatic carbocycles. The number of thiophene rings is 1. The van der Waals surface area contributed by atoms with Crippen LogP contribution in [0.25, 0.3) is 5.57 Å². The van der Waals surface area contributed by atoms with Crippen LogP contribution in [0, 0.1) is 0 Å². The van der Waals surface area contributed by atoms with Crippen molar-refractivity contribution in [2.45, 2.75) is 12.8 Å². The molecule has 2 aromatic rings. The number of rotatable bonds is 5. The number of benzene rings is 1. The summed E-state index contributed by atoms with van der Waals surface area (Å²) < 4.78 is 10.6.